The van der Waals surface area contributed by atoms with Gasteiger partial charge in [-0.1, -0.05) is 64.9 Å². The van der Waals surface area contributed by atoms with Crippen molar-refractivity contribution in [1.29, 1.82) is 0 Å². The average molecular weight is 716 g/mol. The van der Waals surface area contributed by atoms with Gasteiger partial charge in [0, 0.05) is 21.2 Å². The summed E-state index contributed by atoms with van der Waals surface area (Å²) in [5.74, 6) is 0.546. The van der Waals surface area contributed by atoms with Crippen LogP contribution in [0.15, 0.2) is 86.2 Å². The summed E-state index contributed by atoms with van der Waals surface area (Å²) in [5, 5.41) is 1.10. The fourth-order valence-corrected chi connectivity index (χ4v) is 6.98. The molecule has 0 aliphatic carbocycles. The third kappa shape index (κ3) is 6.81. The number of carbonyl (C=O) groups is 1. The normalized spacial score (nSPS) is 14.8. The number of esters is 1. The third-order valence-corrected chi connectivity index (χ3v) is 8.76. The van der Waals surface area contributed by atoms with Gasteiger partial charge in [0.25, 0.3) is 5.56 Å². The Hall–Kier alpha value is -3.37. The molecule has 3 aromatic carbocycles. The van der Waals surface area contributed by atoms with Crippen molar-refractivity contribution >= 4 is 62.5 Å². The minimum absolute atomic E-state index is 0.129. The van der Waals surface area contributed by atoms with Crippen molar-refractivity contribution < 1.29 is 19.0 Å². The van der Waals surface area contributed by atoms with Gasteiger partial charge in [-0.3, -0.25) is 9.36 Å². The highest BCUT2D eigenvalue weighted by atomic mass is 79.9. The Morgan fingerprint density at radius 2 is 1.84 bits per heavy atom. The van der Waals surface area contributed by atoms with E-state index < -0.39 is 12.0 Å². The quantitative estimate of drug-likeness (QED) is 0.171. The van der Waals surface area contributed by atoms with Gasteiger partial charge >= 0.3 is 5.97 Å². The Balaban J connectivity index is 1.67. The van der Waals surface area contributed by atoms with E-state index in [9.17, 15) is 9.59 Å². The molecule has 1 aliphatic heterocycles. The molecule has 0 bridgehead atoms. The maximum absolute atomic E-state index is 14.2. The van der Waals surface area contributed by atoms with Crippen LogP contribution in [0.25, 0.3) is 6.08 Å². The first kappa shape index (κ1) is 32.0. The molecule has 0 radical (unpaired) electrons. The number of aromatic nitrogens is 1. The summed E-state index contributed by atoms with van der Waals surface area (Å²) in [4.78, 5) is 32.7. The zero-order valence-electron chi connectivity index (χ0n) is 24.4. The van der Waals surface area contributed by atoms with Gasteiger partial charge < -0.3 is 14.2 Å². The number of ether oxygens (including phenoxy) is 3. The van der Waals surface area contributed by atoms with Crippen molar-refractivity contribution in [2.24, 2.45) is 4.99 Å². The van der Waals surface area contributed by atoms with E-state index in [2.05, 4.69) is 20.9 Å². The zero-order valence-corrected chi connectivity index (χ0v) is 28.3. The van der Waals surface area contributed by atoms with Crippen molar-refractivity contribution in [3.8, 4) is 11.5 Å². The van der Waals surface area contributed by atoms with Gasteiger partial charge in [-0.2, -0.15) is 0 Å². The summed E-state index contributed by atoms with van der Waals surface area (Å²) in [5.41, 5.74) is 2.60. The molecule has 5 rings (SSSR count). The largest absolute Gasteiger partial charge is 0.491 e. The topological polar surface area (TPSA) is 79.1 Å². The van der Waals surface area contributed by atoms with E-state index in [1.54, 1.807) is 44.2 Å². The fraction of sp³-hybridized carbons (Fsp3) is 0.242. The molecule has 228 valence electrons. The summed E-state index contributed by atoms with van der Waals surface area (Å²) in [6, 6.07) is 17.4. The summed E-state index contributed by atoms with van der Waals surface area (Å²) >= 11 is 17.3. The van der Waals surface area contributed by atoms with Crippen LogP contribution in [0.5, 0.6) is 11.5 Å². The molecule has 7 nitrogen and oxygen atoms in total. The van der Waals surface area contributed by atoms with Gasteiger partial charge in [-0.05, 0) is 85.6 Å². The Kier molecular flexibility index (Phi) is 10.00. The lowest BCUT2D eigenvalue weighted by Gasteiger charge is -2.26. The molecule has 0 saturated carbocycles. The summed E-state index contributed by atoms with van der Waals surface area (Å²) in [6.07, 6.45) is 1.60. The Bertz CT molecular complexity index is 1930. The molecule has 1 aromatic heterocycles. The van der Waals surface area contributed by atoms with Crippen LogP contribution in [-0.4, -0.2) is 23.2 Å². The number of allylic oxidation sites excluding steroid dienone is 1. The number of benzene rings is 3. The van der Waals surface area contributed by atoms with Crippen LogP contribution in [0, 0.1) is 0 Å². The molecule has 0 saturated heterocycles. The van der Waals surface area contributed by atoms with Crippen LogP contribution in [0.4, 0.5) is 0 Å². The van der Waals surface area contributed by atoms with E-state index in [1.807, 2.05) is 50.2 Å². The van der Waals surface area contributed by atoms with E-state index >= 15 is 0 Å². The minimum Gasteiger partial charge on any atom is -0.491 e. The van der Waals surface area contributed by atoms with Crippen LogP contribution >= 0.6 is 50.5 Å². The SMILES string of the molecule is CCOC(=O)C1=C(C)N=c2s/c(=C\c3cc(Cl)cc(Br)c3OCc3ccc(Cl)cc3)c(=O)n2[C@@H]1c1ccccc1OC(C)C. The third-order valence-electron chi connectivity index (χ3n) is 6.71. The summed E-state index contributed by atoms with van der Waals surface area (Å²) < 4.78 is 20.3. The van der Waals surface area contributed by atoms with Crippen molar-refractivity contribution in [2.75, 3.05) is 6.61 Å². The number of hydrogen-bond donors (Lipinski definition) is 0. The molecule has 0 spiro atoms. The van der Waals surface area contributed by atoms with Crippen LogP contribution in [0.1, 0.15) is 50.4 Å². The Labute approximate surface area is 277 Å². The van der Waals surface area contributed by atoms with Gasteiger partial charge in [-0.15, -0.1) is 0 Å². The van der Waals surface area contributed by atoms with Crippen molar-refractivity contribution in [2.45, 2.75) is 46.4 Å². The lowest BCUT2D eigenvalue weighted by Crippen LogP contribution is -2.40. The maximum Gasteiger partial charge on any atom is 0.338 e. The zero-order chi connectivity index (χ0) is 31.5. The number of halogens is 3. The molecule has 44 heavy (non-hydrogen) atoms. The highest BCUT2D eigenvalue weighted by molar-refractivity contribution is 9.10. The van der Waals surface area contributed by atoms with Gasteiger partial charge in [0.1, 0.15) is 24.1 Å². The second-order valence-electron chi connectivity index (χ2n) is 10.2. The van der Waals surface area contributed by atoms with Gasteiger partial charge in [-0.25, -0.2) is 9.79 Å². The number of fused-ring (bicyclic) bond motifs is 1. The Morgan fingerprint density at radius 3 is 2.55 bits per heavy atom. The van der Waals surface area contributed by atoms with E-state index in [0.29, 0.717) is 52.2 Å². The van der Waals surface area contributed by atoms with Gasteiger partial charge in [0.2, 0.25) is 0 Å². The second kappa shape index (κ2) is 13.7. The number of thiazole rings is 1. The number of hydrogen-bond acceptors (Lipinski definition) is 7. The van der Waals surface area contributed by atoms with Crippen molar-refractivity contribution in [1.82, 2.24) is 4.57 Å². The van der Waals surface area contributed by atoms with E-state index in [-0.39, 0.29) is 30.5 Å². The first-order valence-electron chi connectivity index (χ1n) is 13.9. The highest BCUT2D eigenvalue weighted by Gasteiger charge is 2.35. The molecule has 1 atom stereocenters. The summed E-state index contributed by atoms with van der Waals surface area (Å²) in [6.45, 7) is 7.78. The number of para-hydroxylation sites is 1. The van der Waals surface area contributed by atoms with E-state index in [0.717, 1.165) is 5.56 Å². The number of nitrogens with zero attached hydrogens (tertiary/aromatic N) is 2. The smallest absolute Gasteiger partial charge is 0.338 e. The summed E-state index contributed by atoms with van der Waals surface area (Å²) in [7, 11) is 0. The monoisotopic (exact) mass is 714 g/mol. The lowest BCUT2D eigenvalue weighted by molar-refractivity contribution is -0.139. The predicted molar refractivity (Wildman–Crippen MR) is 178 cm³/mol. The van der Waals surface area contributed by atoms with Gasteiger partial charge in [0.15, 0.2) is 4.80 Å². The van der Waals surface area contributed by atoms with E-state index in [1.165, 1.54) is 15.9 Å². The second-order valence-corrected chi connectivity index (χ2v) is 13.0. The molecule has 0 unspecified atom stereocenters. The van der Waals surface area contributed by atoms with Crippen LogP contribution in [0.2, 0.25) is 10.0 Å². The molecule has 11 heteroatoms. The average Bonchev–Trinajstić information content (AvgIpc) is 3.26. The first-order valence-corrected chi connectivity index (χ1v) is 16.3. The Morgan fingerprint density at radius 1 is 1.11 bits per heavy atom. The van der Waals surface area contributed by atoms with Crippen molar-refractivity contribution in [3.05, 3.63) is 123 Å². The van der Waals surface area contributed by atoms with E-state index in [4.69, 9.17) is 37.4 Å². The lowest BCUT2D eigenvalue weighted by atomic mass is 9.95. The molecule has 0 fully saturated rings. The number of carbonyl (C=O) groups excluding carboxylic acids is 1. The van der Waals surface area contributed by atoms with Crippen LogP contribution < -0.4 is 24.4 Å². The van der Waals surface area contributed by atoms with Crippen LogP contribution in [0.3, 0.4) is 0 Å². The first-order chi connectivity index (χ1) is 21.1. The number of rotatable bonds is 9. The van der Waals surface area contributed by atoms with Crippen molar-refractivity contribution in [3.63, 3.8) is 0 Å². The maximum atomic E-state index is 14.2. The molecule has 1 aliphatic rings. The molecule has 4 aromatic rings. The predicted octanol–water partition coefficient (Wildman–Crippen LogP) is 7.23. The van der Waals surface area contributed by atoms with Gasteiger partial charge in [0.05, 0.1) is 33.0 Å². The molecular formula is C33H29BrCl2N2O5S. The molecule has 0 N–H and O–H groups in total. The molecule has 0 amide bonds. The fourth-order valence-electron chi connectivity index (χ4n) is 4.87. The molecule has 2 heterocycles. The van der Waals surface area contributed by atoms with Crippen LogP contribution in [-0.2, 0) is 16.1 Å². The molecular weight excluding hydrogens is 687 g/mol. The minimum atomic E-state index is -0.811. The standard InChI is InChI=1S/C33H29BrCl2N2O5S/c1-5-41-32(40)28-19(4)37-33-38(29(28)24-8-6-7-9-26(24)43-18(2)3)31(39)27(44-33)15-21-14-23(36)16-25(34)30(21)42-17-20-10-12-22(35)13-11-20/h6-16,18,29H,5,17H2,1-4H3/b27-15-/t29-/m1/s1. The highest BCUT2D eigenvalue weighted by Crippen LogP contribution is 2.37.